The van der Waals surface area contributed by atoms with Crippen LogP contribution in [0.2, 0.25) is 0 Å². The minimum absolute atomic E-state index is 0.204. The van der Waals surface area contributed by atoms with Crippen molar-refractivity contribution in [1.29, 1.82) is 0 Å². The van der Waals surface area contributed by atoms with Crippen LogP contribution in [0.25, 0.3) is 21.8 Å². The average molecular weight is 575 g/mol. The summed E-state index contributed by atoms with van der Waals surface area (Å²) in [5, 5.41) is 28.2. The quantitative estimate of drug-likeness (QED) is 0.149. The summed E-state index contributed by atoms with van der Waals surface area (Å²) < 4.78 is 10.4. The van der Waals surface area contributed by atoms with E-state index in [0.29, 0.717) is 24.1 Å². The molecule has 8 nitrogen and oxygen atoms in total. The standard InChI is InChI=1S/C18H18N2O2.C17H16N2O2/c1-22-16-6-2-4-13(10-16)11-19-12-15-9-8-14-5-3-7-17(21)18(14)20-15;1-21-15-6-3-5-13(10-15)18-11-14-9-8-12-4-2-7-16(20)17(12)19-14/h2-10,19,21H,11-12H2,1H3;2-10,18,20H,11H2,1H3. The molecule has 43 heavy (non-hydrogen) atoms. The van der Waals surface area contributed by atoms with E-state index in [2.05, 4.69) is 26.7 Å². The molecule has 0 amide bonds. The van der Waals surface area contributed by atoms with Crippen molar-refractivity contribution >= 4 is 27.5 Å². The van der Waals surface area contributed by atoms with E-state index in [1.54, 1.807) is 26.4 Å². The Morgan fingerprint density at radius 1 is 0.581 bits per heavy atom. The van der Waals surface area contributed by atoms with Crippen molar-refractivity contribution in [2.75, 3.05) is 19.5 Å². The molecule has 8 heteroatoms. The van der Waals surface area contributed by atoms with E-state index < -0.39 is 0 Å². The first-order valence-electron chi connectivity index (χ1n) is 13.9. The van der Waals surface area contributed by atoms with Crippen molar-refractivity contribution in [1.82, 2.24) is 15.3 Å². The molecule has 0 saturated heterocycles. The number of methoxy groups -OCH3 is 2. The van der Waals surface area contributed by atoms with E-state index in [4.69, 9.17) is 9.47 Å². The lowest BCUT2D eigenvalue weighted by atomic mass is 10.2. The number of hydrogen-bond donors (Lipinski definition) is 4. The maximum absolute atomic E-state index is 9.86. The zero-order valence-electron chi connectivity index (χ0n) is 24.1. The number of aromatic nitrogens is 2. The molecule has 0 aliphatic rings. The number of phenolic OH excluding ortho intramolecular Hbond substituents is 2. The summed E-state index contributed by atoms with van der Waals surface area (Å²) in [5.74, 6) is 2.08. The summed E-state index contributed by atoms with van der Waals surface area (Å²) in [7, 11) is 3.31. The van der Waals surface area contributed by atoms with Gasteiger partial charge in [-0.25, -0.2) is 9.97 Å². The number of nitrogens with zero attached hydrogens (tertiary/aromatic N) is 2. The van der Waals surface area contributed by atoms with Crippen molar-refractivity contribution in [2.45, 2.75) is 19.6 Å². The third kappa shape index (κ3) is 7.69. The fourth-order valence-electron chi connectivity index (χ4n) is 4.58. The highest BCUT2D eigenvalue weighted by atomic mass is 16.5. The number of para-hydroxylation sites is 2. The first-order chi connectivity index (χ1) is 21.0. The number of benzene rings is 4. The Hall–Kier alpha value is -5.34. The Morgan fingerprint density at radius 2 is 1.14 bits per heavy atom. The lowest BCUT2D eigenvalue weighted by Crippen LogP contribution is -2.13. The molecular formula is C35H34N4O4. The summed E-state index contributed by atoms with van der Waals surface area (Å²) >= 11 is 0. The van der Waals surface area contributed by atoms with Gasteiger partial charge >= 0.3 is 0 Å². The van der Waals surface area contributed by atoms with Gasteiger partial charge in [-0.2, -0.15) is 0 Å². The third-order valence-corrected chi connectivity index (χ3v) is 6.83. The van der Waals surface area contributed by atoms with Crippen molar-refractivity contribution in [3.05, 3.63) is 126 Å². The van der Waals surface area contributed by atoms with E-state index in [9.17, 15) is 10.2 Å². The van der Waals surface area contributed by atoms with Crippen LogP contribution in [0.1, 0.15) is 17.0 Å². The lowest BCUT2D eigenvalue weighted by molar-refractivity contribution is 0.414. The Bertz CT molecular complexity index is 1830. The summed E-state index contributed by atoms with van der Waals surface area (Å²) in [6.07, 6.45) is 0. The maximum atomic E-state index is 9.86. The average Bonchev–Trinajstić information content (AvgIpc) is 3.05. The molecule has 0 aliphatic heterocycles. The molecule has 2 heterocycles. The Labute approximate surface area is 250 Å². The number of aromatic hydroxyl groups is 2. The molecule has 4 aromatic carbocycles. The second-order valence-electron chi connectivity index (χ2n) is 9.84. The summed E-state index contributed by atoms with van der Waals surface area (Å²) in [5.41, 5.74) is 5.16. The smallest absolute Gasteiger partial charge is 0.141 e. The van der Waals surface area contributed by atoms with Gasteiger partial charge in [0.1, 0.15) is 34.0 Å². The van der Waals surface area contributed by atoms with E-state index in [1.807, 2.05) is 91.0 Å². The maximum Gasteiger partial charge on any atom is 0.141 e. The number of rotatable bonds is 9. The Kier molecular flexibility index (Phi) is 9.51. The molecule has 6 rings (SSSR count). The lowest BCUT2D eigenvalue weighted by Gasteiger charge is -2.08. The van der Waals surface area contributed by atoms with Gasteiger partial charge in [0.2, 0.25) is 0 Å². The van der Waals surface area contributed by atoms with E-state index >= 15 is 0 Å². The molecular weight excluding hydrogens is 540 g/mol. The number of fused-ring (bicyclic) bond motifs is 2. The van der Waals surface area contributed by atoms with Crippen LogP contribution in [-0.4, -0.2) is 34.4 Å². The molecule has 2 aromatic heterocycles. The number of hydrogen-bond acceptors (Lipinski definition) is 8. The van der Waals surface area contributed by atoms with Crippen LogP contribution in [0, 0.1) is 0 Å². The SMILES string of the molecule is COc1cccc(CNCc2ccc3cccc(O)c3n2)c1.COc1cccc(NCc2ccc3cccc(O)c3n2)c1. The molecule has 218 valence electrons. The Balaban J connectivity index is 0.000000171. The third-order valence-electron chi connectivity index (χ3n) is 6.83. The second-order valence-corrected chi connectivity index (χ2v) is 9.84. The highest BCUT2D eigenvalue weighted by Crippen LogP contribution is 2.24. The molecule has 0 unspecified atom stereocenters. The van der Waals surface area contributed by atoms with Crippen LogP contribution < -0.4 is 20.1 Å². The van der Waals surface area contributed by atoms with Crippen molar-refractivity contribution in [3.63, 3.8) is 0 Å². The largest absolute Gasteiger partial charge is 0.506 e. The molecule has 6 aromatic rings. The minimum atomic E-state index is 0.204. The van der Waals surface area contributed by atoms with Crippen LogP contribution >= 0.6 is 0 Å². The zero-order chi connectivity index (χ0) is 30.0. The molecule has 0 aliphatic carbocycles. The monoisotopic (exact) mass is 574 g/mol. The van der Waals surface area contributed by atoms with Crippen molar-refractivity contribution in [3.8, 4) is 23.0 Å². The summed E-state index contributed by atoms with van der Waals surface area (Å²) in [6, 6.07) is 34.4. The summed E-state index contributed by atoms with van der Waals surface area (Å²) in [4.78, 5) is 8.99. The van der Waals surface area contributed by atoms with Crippen LogP contribution in [-0.2, 0) is 19.6 Å². The Morgan fingerprint density at radius 3 is 1.77 bits per heavy atom. The molecule has 0 saturated carbocycles. The number of pyridine rings is 2. The highest BCUT2D eigenvalue weighted by Gasteiger charge is 2.05. The molecule has 0 bridgehead atoms. The summed E-state index contributed by atoms with van der Waals surface area (Å²) in [6.45, 7) is 1.95. The van der Waals surface area contributed by atoms with Gasteiger partial charge in [-0.1, -0.05) is 54.6 Å². The molecule has 0 atom stereocenters. The van der Waals surface area contributed by atoms with E-state index in [0.717, 1.165) is 51.5 Å². The second kappa shape index (κ2) is 14.0. The van der Waals surface area contributed by atoms with Gasteiger partial charge < -0.3 is 30.3 Å². The van der Waals surface area contributed by atoms with Gasteiger partial charge in [0, 0.05) is 35.6 Å². The van der Waals surface area contributed by atoms with Crippen molar-refractivity contribution < 1.29 is 19.7 Å². The van der Waals surface area contributed by atoms with Crippen molar-refractivity contribution in [2.24, 2.45) is 0 Å². The van der Waals surface area contributed by atoms with Gasteiger partial charge in [0.15, 0.2) is 0 Å². The predicted octanol–water partition coefficient (Wildman–Crippen LogP) is 6.80. The molecule has 4 N–H and O–H groups in total. The number of nitrogens with one attached hydrogen (secondary N) is 2. The highest BCUT2D eigenvalue weighted by molar-refractivity contribution is 5.84. The number of anilines is 1. The predicted molar refractivity (Wildman–Crippen MR) is 171 cm³/mol. The first kappa shape index (κ1) is 29.2. The number of ether oxygens (including phenoxy) is 2. The van der Waals surface area contributed by atoms with E-state index in [1.165, 1.54) is 0 Å². The van der Waals surface area contributed by atoms with Crippen LogP contribution in [0.15, 0.2) is 109 Å². The number of phenols is 2. The van der Waals surface area contributed by atoms with Gasteiger partial charge in [-0.05, 0) is 54.1 Å². The van der Waals surface area contributed by atoms with Crippen LogP contribution in [0.5, 0.6) is 23.0 Å². The fraction of sp³-hybridized carbons (Fsp3) is 0.143. The zero-order valence-corrected chi connectivity index (χ0v) is 24.1. The topological polar surface area (TPSA) is 109 Å². The van der Waals surface area contributed by atoms with Gasteiger partial charge in [-0.15, -0.1) is 0 Å². The van der Waals surface area contributed by atoms with Crippen LogP contribution in [0.3, 0.4) is 0 Å². The molecule has 0 spiro atoms. The van der Waals surface area contributed by atoms with Crippen LogP contribution in [0.4, 0.5) is 5.69 Å². The van der Waals surface area contributed by atoms with E-state index in [-0.39, 0.29) is 11.5 Å². The molecule has 0 radical (unpaired) electrons. The van der Waals surface area contributed by atoms with Gasteiger partial charge in [0.05, 0.1) is 32.2 Å². The van der Waals surface area contributed by atoms with Gasteiger partial charge in [0.25, 0.3) is 0 Å². The first-order valence-corrected chi connectivity index (χ1v) is 13.9. The normalized spacial score (nSPS) is 10.7. The molecule has 0 fully saturated rings. The van der Waals surface area contributed by atoms with Gasteiger partial charge in [-0.3, -0.25) is 0 Å². The fourth-order valence-corrected chi connectivity index (χ4v) is 4.58. The minimum Gasteiger partial charge on any atom is -0.506 e.